The van der Waals surface area contributed by atoms with E-state index < -0.39 is 9.84 Å². The van der Waals surface area contributed by atoms with Gasteiger partial charge in [0.2, 0.25) is 5.91 Å². The molecule has 0 bridgehead atoms. The first kappa shape index (κ1) is 19.0. The van der Waals surface area contributed by atoms with E-state index in [0.717, 1.165) is 16.3 Å². The number of thiazole rings is 1. The van der Waals surface area contributed by atoms with Crippen molar-refractivity contribution in [3.63, 3.8) is 0 Å². The van der Waals surface area contributed by atoms with Gasteiger partial charge in [0.15, 0.2) is 9.84 Å². The van der Waals surface area contributed by atoms with Crippen LogP contribution in [0.15, 0.2) is 29.6 Å². The van der Waals surface area contributed by atoms with E-state index in [-0.39, 0.29) is 23.5 Å². The molecule has 0 N–H and O–H groups in total. The molecule has 1 saturated heterocycles. The lowest BCUT2D eigenvalue weighted by atomic mass is 10.1. The zero-order valence-electron chi connectivity index (χ0n) is 15.1. The minimum absolute atomic E-state index is 0.0136. The summed E-state index contributed by atoms with van der Waals surface area (Å²) in [7, 11) is -2.99. The van der Waals surface area contributed by atoms with Crippen molar-refractivity contribution in [1.29, 1.82) is 0 Å². The molecule has 7 heteroatoms. The number of rotatable bonds is 6. The van der Waals surface area contributed by atoms with Gasteiger partial charge in [0, 0.05) is 30.0 Å². The van der Waals surface area contributed by atoms with Crippen molar-refractivity contribution in [1.82, 2.24) is 9.88 Å². The zero-order chi connectivity index (χ0) is 18.7. The van der Waals surface area contributed by atoms with Gasteiger partial charge in [-0.15, -0.1) is 11.3 Å². The smallest absolute Gasteiger partial charge is 0.223 e. The van der Waals surface area contributed by atoms with Gasteiger partial charge in [0.1, 0.15) is 5.01 Å². The van der Waals surface area contributed by atoms with Gasteiger partial charge in [-0.05, 0) is 32.8 Å². The summed E-state index contributed by atoms with van der Waals surface area (Å²) in [6.45, 7) is 4.51. The molecule has 5 nitrogen and oxygen atoms in total. The number of benzene rings is 1. The van der Waals surface area contributed by atoms with Crippen LogP contribution in [0.4, 0.5) is 0 Å². The first-order chi connectivity index (χ1) is 12.4. The summed E-state index contributed by atoms with van der Waals surface area (Å²) in [5.41, 5.74) is 3.20. The molecule has 0 saturated carbocycles. The highest BCUT2D eigenvalue weighted by molar-refractivity contribution is 7.91. The first-order valence-corrected chi connectivity index (χ1v) is 11.6. The Kier molecular flexibility index (Phi) is 5.77. The molecule has 2 heterocycles. The number of nitrogens with zero attached hydrogens (tertiary/aromatic N) is 2. The summed E-state index contributed by atoms with van der Waals surface area (Å²) in [5.74, 6) is 0.300. The quantitative estimate of drug-likeness (QED) is 0.758. The Labute approximate surface area is 159 Å². The van der Waals surface area contributed by atoms with Gasteiger partial charge >= 0.3 is 0 Å². The minimum Gasteiger partial charge on any atom is -0.339 e. The number of amides is 1. The first-order valence-electron chi connectivity index (χ1n) is 8.89. The Hall–Kier alpha value is -1.73. The van der Waals surface area contributed by atoms with E-state index in [4.69, 9.17) is 0 Å². The summed E-state index contributed by atoms with van der Waals surface area (Å²) in [5, 5.41) is 2.96. The van der Waals surface area contributed by atoms with Gasteiger partial charge in [-0.3, -0.25) is 4.79 Å². The molecule has 140 valence electrons. The summed E-state index contributed by atoms with van der Waals surface area (Å²) in [6, 6.07) is 8.05. The monoisotopic (exact) mass is 392 g/mol. The molecule has 1 atom stereocenters. The summed E-state index contributed by atoms with van der Waals surface area (Å²) in [6.07, 6.45) is 1.49. The van der Waals surface area contributed by atoms with Crippen molar-refractivity contribution in [3.05, 3.63) is 40.9 Å². The van der Waals surface area contributed by atoms with Gasteiger partial charge in [-0.1, -0.05) is 23.8 Å². The van der Waals surface area contributed by atoms with Gasteiger partial charge in [0.25, 0.3) is 0 Å². The molecule has 1 fully saturated rings. The third-order valence-electron chi connectivity index (χ3n) is 4.72. The van der Waals surface area contributed by atoms with E-state index in [0.29, 0.717) is 25.8 Å². The Morgan fingerprint density at radius 2 is 2.19 bits per heavy atom. The molecule has 1 aromatic carbocycles. The standard InChI is InChI=1S/C19H24N2O3S2/c1-3-21(17-9-10-26(23,24)13-17)18(22)8-7-16-12-25-19(20-16)15-6-4-5-14(2)11-15/h4-6,11-12,17H,3,7-10,13H2,1-2H3. The number of aryl methyl sites for hydroxylation is 2. The second kappa shape index (κ2) is 7.88. The number of aromatic nitrogens is 1. The number of hydrogen-bond donors (Lipinski definition) is 0. The molecule has 1 amide bonds. The summed E-state index contributed by atoms with van der Waals surface area (Å²) in [4.78, 5) is 18.9. The maximum atomic E-state index is 12.6. The van der Waals surface area contributed by atoms with Gasteiger partial charge in [-0.25, -0.2) is 13.4 Å². The van der Waals surface area contributed by atoms with Crippen LogP contribution in [-0.2, 0) is 21.1 Å². The molecular weight excluding hydrogens is 368 g/mol. The van der Waals surface area contributed by atoms with Crippen LogP contribution in [0.5, 0.6) is 0 Å². The van der Waals surface area contributed by atoms with Crippen LogP contribution in [0.1, 0.15) is 31.0 Å². The van der Waals surface area contributed by atoms with Gasteiger partial charge in [0.05, 0.1) is 17.2 Å². The van der Waals surface area contributed by atoms with Crippen molar-refractivity contribution in [2.45, 2.75) is 39.2 Å². The maximum absolute atomic E-state index is 12.6. The van der Waals surface area contributed by atoms with Crippen molar-refractivity contribution in [2.75, 3.05) is 18.1 Å². The lowest BCUT2D eigenvalue weighted by Crippen LogP contribution is -2.41. The highest BCUT2D eigenvalue weighted by atomic mass is 32.2. The fourth-order valence-corrected chi connectivity index (χ4v) is 5.95. The largest absolute Gasteiger partial charge is 0.339 e. The molecule has 1 aromatic heterocycles. The topological polar surface area (TPSA) is 67.3 Å². The van der Waals surface area contributed by atoms with Crippen molar-refractivity contribution in [3.8, 4) is 10.6 Å². The van der Waals surface area contributed by atoms with Gasteiger partial charge in [-0.2, -0.15) is 0 Å². The van der Waals surface area contributed by atoms with E-state index in [2.05, 4.69) is 24.0 Å². The summed E-state index contributed by atoms with van der Waals surface area (Å²) < 4.78 is 23.4. The minimum atomic E-state index is -2.99. The average molecular weight is 393 g/mol. The third kappa shape index (κ3) is 4.51. The SMILES string of the molecule is CCN(C(=O)CCc1csc(-c2cccc(C)c2)n1)C1CCS(=O)(=O)C1. The number of sulfone groups is 1. The number of hydrogen-bond acceptors (Lipinski definition) is 5. The molecule has 0 spiro atoms. The van der Waals surface area contributed by atoms with Crippen molar-refractivity contribution in [2.24, 2.45) is 0 Å². The molecule has 26 heavy (non-hydrogen) atoms. The van der Waals surface area contributed by atoms with E-state index in [1.807, 2.05) is 24.4 Å². The van der Waals surface area contributed by atoms with Crippen LogP contribution in [0, 0.1) is 6.92 Å². The molecule has 1 aliphatic rings. The molecular formula is C19H24N2O3S2. The van der Waals surface area contributed by atoms with Crippen LogP contribution in [0.25, 0.3) is 10.6 Å². The predicted molar refractivity (Wildman–Crippen MR) is 105 cm³/mol. The lowest BCUT2D eigenvalue weighted by molar-refractivity contribution is -0.132. The fourth-order valence-electron chi connectivity index (χ4n) is 3.37. The molecule has 3 rings (SSSR count). The second-order valence-electron chi connectivity index (χ2n) is 6.75. The maximum Gasteiger partial charge on any atom is 0.223 e. The fraction of sp³-hybridized carbons (Fsp3) is 0.474. The molecule has 2 aromatic rings. The van der Waals surface area contributed by atoms with E-state index >= 15 is 0 Å². The lowest BCUT2D eigenvalue weighted by Gasteiger charge is -2.26. The number of carbonyl (C=O) groups is 1. The van der Waals surface area contributed by atoms with E-state index in [9.17, 15) is 13.2 Å². The van der Waals surface area contributed by atoms with Crippen LogP contribution >= 0.6 is 11.3 Å². The molecule has 1 unspecified atom stereocenters. The van der Waals surface area contributed by atoms with E-state index in [1.165, 1.54) is 5.56 Å². The Balaban J connectivity index is 1.61. The average Bonchev–Trinajstić information content (AvgIpc) is 3.20. The highest BCUT2D eigenvalue weighted by Gasteiger charge is 2.33. The predicted octanol–water partition coefficient (Wildman–Crippen LogP) is 3.09. The Morgan fingerprint density at radius 3 is 2.85 bits per heavy atom. The normalized spacial score (nSPS) is 18.8. The Morgan fingerprint density at radius 1 is 1.38 bits per heavy atom. The number of carbonyl (C=O) groups excluding carboxylic acids is 1. The Bertz CT molecular complexity index is 890. The van der Waals surface area contributed by atoms with Crippen LogP contribution in [0.2, 0.25) is 0 Å². The van der Waals surface area contributed by atoms with Crippen LogP contribution in [-0.4, -0.2) is 48.3 Å². The van der Waals surface area contributed by atoms with Crippen LogP contribution < -0.4 is 0 Å². The molecule has 0 aliphatic carbocycles. The second-order valence-corrected chi connectivity index (χ2v) is 9.84. The molecule has 1 aliphatic heterocycles. The van der Waals surface area contributed by atoms with Crippen molar-refractivity contribution >= 4 is 27.1 Å². The molecule has 0 radical (unpaired) electrons. The highest BCUT2D eigenvalue weighted by Crippen LogP contribution is 2.25. The zero-order valence-corrected chi connectivity index (χ0v) is 16.8. The third-order valence-corrected chi connectivity index (χ3v) is 7.41. The van der Waals surface area contributed by atoms with Gasteiger partial charge < -0.3 is 4.90 Å². The van der Waals surface area contributed by atoms with Crippen molar-refractivity contribution < 1.29 is 13.2 Å². The van der Waals surface area contributed by atoms with Crippen LogP contribution in [0.3, 0.4) is 0 Å². The van der Waals surface area contributed by atoms with E-state index in [1.54, 1.807) is 16.2 Å². The summed E-state index contributed by atoms with van der Waals surface area (Å²) >= 11 is 1.59.